The van der Waals surface area contributed by atoms with Gasteiger partial charge in [-0.2, -0.15) is 0 Å². The summed E-state index contributed by atoms with van der Waals surface area (Å²) in [6.07, 6.45) is 4.13. The minimum atomic E-state index is -0.00351. The predicted molar refractivity (Wildman–Crippen MR) is 78.5 cm³/mol. The zero-order valence-corrected chi connectivity index (χ0v) is 12.1. The van der Waals surface area contributed by atoms with E-state index in [1.54, 1.807) is 0 Å². The first-order valence-corrected chi connectivity index (χ1v) is 7.22. The number of ether oxygens (including phenoxy) is 1. The van der Waals surface area contributed by atoms with Crippen molar-refractivity contribution in [1.82, 2.24) is 5.32 Å². The predicted octanol–water partition coefficient (Wildman–Crippen LogP) is 3.19. The van der Waals surface area contributed by atoms with Crippen molar-refractivity contribution in [3.63, 3.8) is 0 Å². The van der Waals surface area contributed by atoms with Crippen molar-refractivity contribution in [2.24, 2.45) is 0 Å². The number of carbonyl (C=O) groups excluding carboxylic acids is 1. The monoisotopic (exact) mass is 263 g/mol. The van der Waals surface area contributed by atoms with Gasteiger partial charge in [0.25, 0.3) is 5.91 Å². The van der Waals surface area contributed by atoms with Crippen molar-refractivity contribution in [1.29, 1.82) is 0 Å². The minimum absolute atomic E-state index is 0.00351. The highest BCUT2D eigenvalue weighted by molar-refractivity contribution is 5.94. The lowest BCUT2D eigenvalue weighted by Gasteiger charge is -2.06. The minimum Gasteiger partial charge on any atom is -0.381 e. The van der Waals surface area contributed by atoms with Crippen LogP contribution in [0.2, 0.25) is 0 Å². The number of aryl methyl sites for hydroxylation is 1. The molecule has 0 aliphatic heterocycles. The lowest BCUT2D eigenvalue weighted by molar-refractivity contribution is 0.0940. The molecule has 0 aliphatic carbocycles. The average Bonchev–Trinajstić information content (AvgIpc) is 2.46. The third-order valence-corrected chi connectivity index (χ3v) is 3.02. The summed E-state index contributed by atoms with van der Waals surface area (Å²) in [5.74, 6) is -0.00351. The molecule has 1 N–H and O–H groups in total. The lowest BCUT2D eigenvalue weighted by Crippen LogP contribution is -2.25. The van der Waals surface area contributed by atoms with Crippen LogP contribution in [0.5, 0.6) is 0 Å². The second-order valence-corrected chi connectivity index (χ2v) is 4.63. The van der Waals surface area contributed by atoms with Crippen molar-refractivity contribution >= 4 is 5.91 Å². The number of hydrogen-bond acceptors (Lipinski definition) is 2. The van der Waals surface area contributed by atoms with Crippen LogP contribution in [0.15, 0.2) is 24.3 Å². The number of amides is 1. The fourth-order valence-corrected chi connectivity index (χ4v) is 1.72. The summed E-state index contributed by atoms with van der Waals surface area (Å²) < 4.78 is 5.44. The smallest absolute Gasteiger partial charge is 0.251 e. The molecule has 0 heterocycles. The van der Waals surface area contributed by atoms with Crippen molar-refractivity contribution < 1.29 is 9.53 Å². The molecule has 3 heteroatoms. The summed E-state index contributed by atoms with van der Waals surface area (Å²) in [5.41, 5.74) is 1.98. The van der Waals surface area contributed by atoms with Gasteiger partial charge in [0, 0.05) is 25.3 Å². The molecule has 1 aromatic rings. The van der Waals surface area contributed by atoms with Gasteiger partial charge in [0.2, 0.25) is 0 Å². The van der Waals surface area contributed by atoms with E-state index in [0.717, 1.165) is 44.5 Å². The van der Waals surface area contributed by atoms with Gasteiger partial charge in [-0.1, -0.05) is 32.4 Å². The molecular weight excluding hydrogens is 238 g/mol. The quantitative estimate of drug-likeness (QED) is 0.695. The third-order valence-electron chi connectivity index (χ3n) is 3.02. The largest absolute Gasteiger partial charge is 0.381 e. The molecule has 0 spiro atoms. The molecule has 19 heavy (non-hydrogen) atoms. The van der Waals surface area contributed by atoms with E-state index in [0.29, 0.717) is 6.54 Å². The van der Waals surface area contributed by atoms with Crippen LogP contribution >= 0.6 is 0 Å². The molecule has 0 bridgehead atoms. The zero-order valence-electron chi connectivity index (χ0n) is 12.1. The van der Waals surface area contributed by atoms with E-state index < -0.39 is 0 Å². The first-order valence-electron chi connectivity index (χ1n) is 7.22. The molecule has 0 saturated heterocycles. The summed E-state index contributed by atoms with van der Waals surface area (Å²) >= 11 is 0. The van der Waals surface area contributed by atoms with Gasteiger partial charge in [0.05, 0.1) is 0 Å². The number of benzene rings is 1. The van der Waals surface area contributed by atoms with Crippen molar-refractivity contribution in [3.05, 3.63) is 35.4 Å². The van der Waals surface area contributed by atoms with Gasteiger partial charge in [-0.15, -0.1) is 0 Å². The molecular formula is C16H25NO2. The van der Waals surface area contributed by atoms with Crippen LogP contribution in [0, 0.1) is 0 Å². The summed E-state index contributed by atoms with van der Waals surface area (Å²) in [6, 6.07) is 7.77. The van der Waals surface area contributed by atoms with Gasteiger partial charge in [-0.3, -0.25) is 4.79 Å². The molecule has 1 aromatic carbocycles. The Morgan fingerprint density at radius 3 is 2.42 bits per heavy atom. The van der Waals surface area contributed by atoms with Crippen LogP contribution in [0.3, 0.4) is 0 Å². The summed E-state index contributed by atoms with van der Waals surface area (Å²) in [4.78, 5) is 11.8. The van der Waals surface area contributed by atoms with E-state index in [2.05, 4.69) is 19.2 Å². The number of unbranched alkanes of at least 4 members (excludes halogenated alkanes) is 1. The van der Waals surface area contributed by atoms with Crippen LogP contribution < -0.4 is 5.32 Å². The topological polar surface area (TPSA) is 38.3 Å². The van der Waals surface area contributed by atoms with E-state index in [-0.39, 0.29) is 5.91 Å². The molecule has 106 valence electrons. The van der Waals surface area contributed by atoms with E-state index in [9.17, 15) is 4.79 Å². The molecule has 0 aliphatic rings. The van der Waals surface area contributed by atoms with Crippen LogP contribution in [0.1, 0.15) is 49.0 Å². The molecule has 1 rings (SSSR count). The Morgan fingerprint density at radius 2 is 1.79 bits per heavy atom. The highest BCUT2D eigenvalue weighted by atomic mass is 16.5. The van der Waals surface area contributed by atoms with Crippen LogP contribution in [-0.4, -0.2) is 25.7 Å². The Labute approximate surface area is 116 Å². The van der Waals surface area contributed by atoms with Gasteiger partial charge in [-0.25, -0.2) is 0 Å². The fraction of sp³-hybridized carbons (Fsp3) is 0.562. The highest BCUT2D eigenvalue weighted by Crippen LogP contribution is 2.04. The summed E-state index contributed by atoms with van der Waals surface area (Å²) in [7, 11) is 0. The third kappa shape index (κ3) is 6.39. The first-order chi connectivity index (χ1) is 9.27. The van der Waals surface area contributed by atoms with Gasteiger partial charge in [0.15, 0.2) is 0 Å². The fourth-order valence-electron chi connectivity index (χ4n) is 1.72. The molecule has 0 radical (unpaired) electrons. The standard InChI is InChI=1S/C16H25NO2/c1-3-5-12-19-13-6-11-17-16(18)15-9-7-14(4-2)8-10-15/h7-10H,3-6,11-13H2,1-2H3,(H,17,18). The molecule has 0 atom stereocenters. The Morgan fingerprint density at radius 1 is 1.11 bits per heavy atom. The molecule has 3 nitrogen and oxygen atoms in total. The van der Waals surface area contributed by atoms with E-state index in [1.807, 2.05) is 24.3 Å². The van der Waals surface area contributed by atoms with Gasteiger partial charge in [0.1, 0.15) is 0 Å². The average molecular weight is 263 g/mol. The van der Waals surface area contributed by atoms with Crippen molar-refractivity contribution in [2.45, 2.75) is 39.5 Å². The maximum absolute atomic E-state index is 11.8. The number of rotatable bonds is 9. The second-order valence-electron chi connectivity index (χ2n) is 4.63. The zero-order chi connectivity index (χ0) is 13.9. The first kappa shape index (κ1) is 15.7. The van der Waals surface area contributed by atoms with Gasteiger partial charge < -0.3 is 10.1 Å². The van der Waals surface area contributed by atoms with Crippen LogP contribution in [0.25, 0.3) is 0 Å². The normalized spacial score (nSPS) is 10.4. The molecule has 0 saturated carbocycles. The maximum atomic E-state index is 11.8. The Kier molecular flexibility index (Phi) is 7.91. The van der Waals surface area contributed by atoms with Crippen molar-refractivity contribution in [2.75, 3.05) is 19.8 Å². The Bertz CT molecular complexity index is 360. The number of carbonyl (C=O) groups is 1. The summed E-state index contributed by atoms with van der Waals surface area (Å²) in [5, 5.41) is 2.91. The van der Waals surface area contributed by atoms with Crippen LogP contribution in [0.4, 0.5) is 0 Å². The van der Waals surface area contributed by atoms with Gasteiger partial charge in [-0.05, 0) is 37.0 Å². The van der Waals surface area contributed by atoms with Crippen molar-refractivity contribution in [3.8, 4) is 0 Å². The number of hydrogen-bond donors (Lipinski definition) is 1. The lowest BCUT2D eigenvalue weighted by atomic mass is 10.1. The molecule has 0 unspecified atom stereocenters. The highest BCUT2D eigenvalue weighted by Gasteiger charge is 2.03. The second kappa shape index (κ2) is 9.56. The number of nitrogens with one attached hydrogen (secondary N) is 1. The Balaban J connectivity index is 2.16. The SMILES string of the molecule is CCCCOCCCNC(=O)c1ccc(CC)cc1. The summed E-state index contributed by atoms with van der Waals surface area (Å²) in [6.45, 7) is 6.46. The molecule has 1 amide bonds. The molecule has 0 fully saturated rings. The Hall–Kier alpha value is -1.35. The van der Waals surface area contributed by atoms with Gasteiger partial charge >= 0.3 is 0 Å². The van der Waals surface area contributed by atoms with Crippen LogP contribution in [-0.2, 0) is 11.2 Å². The van der Waals surface area contributed by atoms with E-state index >= 15 is 0 Å². The van der Waals surface area contributed by atoms with E-state index in [4.69, 9.17) is 4.74 Å². The maximum Gasteiger partial charge on any atom is 0.251 e. The van der Waals surface area contributed by atoms with E-state index in [1.165, 1.54) is 5.56 Å². The molecule has 0 aromatic heterocycles.